The van der Waals surface area contributed by atoms with Crippen LogP contribution in [0.4, 0.5) is 11.6 Å². The van der Waals surface area contributed by atoms with Crippen LogP contribution in [0.25, 0.3) is 10.9 Å². The fourth-order valence-corrected chi connectivity index (χ4v) is 4.49. The number of carbonyl (C=O) groups is 2. The van der Waals surface area contributed by atoms with Gasteiger partial charge < -0.3 is 15.5 Å². The van der Waals surface area contributed by atoms with Crippen LogP contribution >= 0.6 is 0 Å². The van der Waals surface area contributed by atoms with Crippen LogP contribution in [0.1, 0.15) is 22.3 Å². The summed E-state index contributed by atoms with van der Waals surface area (Å²) in [7, 11) is -3.34. The van der Waals surface area contributed by atoms with Crippen molar-refractivity contribution in [1.29, 1.82) is 0 Å². The van der Waals surface area contributed by atoms with Crippen molar-refractivity contribution in [1.82, 2.24) is 14.9 Å². The first-order chi connectivity index (χ1) is 16.1. The summed E-state index contributed by atoms with van der Waals surface area (Å²) in [6.45, 7) is 6.33. The number of carbonyl (C=O) groups excluding carboxylic acids is 2. The Morgan fingerprint density at radius 3 is 2.71 bits per heavy atom. The Bertz CT molecular complexity index is 1400. The molecule has 0 bridgehead atoms. The smallest absolute Gasteiger partial charge is 0.253 e. The Morgan fingerprint density at radius 1 is 1.21 bits per heavy atom. The molecule has 9 nitrogen and oxygen atoms in total. The van der Waals surface area contributed by atoms with E-state index in [4.69, 9.17) is 0 Å². The number of nitrogens with zero attached hydrogens (tertiary/aromatic N) is 3. The monoisotopic (exact) mass is 479 g/mol. The maximum Gasteiger partial charge on any atom is 0.253 e. The summed E-state index contributed by atoms with van der Waals surface area (Å²) >= 11 is 0. The first kappa shape index (κ1) is 23.4. The SMILES string of the molecule is C=CC(=O)Nc1ccc(C(=O)N2CC[C@H](Nc3ncc4ccc(S(C)(=O)=O)cc4n3)C2)cc1C. The number of nitrogens with one attached hydrogen (secondary N) is 2. The predicted molar refractivity (Wildman–Crippen MR) is 131 cm³/mol. The molecule has 0 saturated carbocycles. The van der Waals surface area contributed by atoms with Crippen molar-refractivity contribution in [3.05, 3.63) is 66.4 Å². The number of hydrogen-bond donors (Lipinski definition) is 2. The molecule has 4 rings (SSSR count). The van der Waals surface area contributed by atoms with Gasteiger partial charge in [-0.3, -0.25) is 9.59 Å². The highest BCUT2D eigenvalue weighted by Crippen LogP contribution is 2.22. The molecule has 2 heterocycles. The standard InChI is InChI=1S/C24H25N5O4S/c1-4-22(30)27-20-8-6-16(11-15(20)2)23(31)29-10-9-18(14-29)26-24-25-13-17-5-7-19(34(3,32)33)12-21(17)28-24/h4-8,11-13,18H,1,9-10,14H2,2-3H3,(H,27,30)(H,25,26,28)/t18-/m0/s1. The van der Waals surface area contributed by atoms with E-state index in [0.717, 1.165) is 23.6 Å². The van der Waals surface area contributed by atoms with Crippen molar-refractivity contribution in [3.8, 4) is 0 Å². The van der Waals surface area contributed by atoms with E-state index in [1.807, 2.05) is 6.92 Å². The van der Waals surface area contributed by atoms with Gasteiger partial charge in [-0.2, -0.15) is 0 Å². The number of rotatable bonds is 6. The Kier molecular flexibility index (Phi) is 6.34. The first-order valence-corrected chi connectivity index (χ1v) is 12.6. The lowest BCUT2D eigenvalue weighted by atomic mass is 10.1. The summed E-state index contributed by atoms with van der Waals surface area (Å²) in [6.07, 6.45) is 4.72. The van der Waals surface area contributed by atoms with Crippen molar-refractivity contribution >= 4 is 44.2 Å². The summed E-state index contributed by atoms with van der Waals surface area (Å²) in [4.78, 5) is 35.3. The maximum atomic E-state index is 13.0. The van der Waals surface area contributed by atoms with Crippen LogP contribution in [0.5, 0.6) is 0 Å². The molecule has 0 spiro atoms. The Hall–Kier alpha value is -3.79. The molecule has 1 aliphatic rings. The van der Waals surface area contributed by atoms with Crippen LogP contribution in [-0.2, 0) is 14.6 Å². The third-order valence-corrected chi connectivity index (χ3v) is 6.82. The minimum Gasteiger partial charge on any atom is -0.350 e. The third kappa shape index (κ3) is 5.07. The summed E-state index contributed by atoms with van der Waals surface area (Å²) in [5.74, 6) is -0.0130. The van der Waals surface area contributed by atoms with Crippen LogP contribution in [-0.4, -0.2) is 60.5 Å². The van der Waals surface area contributed by atoms with Gasteiger partial charge in [0.2, 0.25) is 11.9 Å². The zero-order valence-electron chi connectivity index (χ0n) is 18.9. The van der Waals surface area contributed by atoms with Gasteiger partial charge >= 0.3 is 0 Å². The number of amides is 2. The van der Waals surface area contributed by atoms with Crippen molar-refractivity contribution in [3.63, 3.8) is 0 Å². The van der Waals surface area contributed by atoms with E-state index in [9.17, 15) is 18.0 Å². The second-order valence-electron chi connectivity index (χ2n) is 8.29. The normalized spacial score (nSPS) is 15.8. The van der Waals surface area contributed by atoms with Gasteiger partial charge in [0.05, 0.1) is 10.4 Å². The van der Waals surface area contributed by atoms with Crippen LogP contribution < -0.4 is 10.6 Å². The number of hydrogen-bond acceptors (Lipinski definition) is 7. The quantitative estimate of drug-likeness (QED) is 0.522. The van der Waals surface area contributed by atoms with E-state index in [0.29, 0.717) is 35.8 Å². The first-order valence-electron chi connectivity index (χ1n) is 10.7. The zero-order valence-corrected chi connectivity index (χ0v) is 19.7. The fourth-order valence-electron chi connectivity index (χ4n) is 3.85. The van der Waals surface area contributed by atoms with Crippen molar-refractivity contribution in [2.75, 3.05) is 30.0 Å². The third-order valence-electron chi connectivity index (χ3n) is 5.71. The van der Waals surface area contributed by atoms with Gasteiger partial charge in [-0.05, 0) is 61.4 Å². The van der Waals surface area contributed by atoms with Gasteiger partial charge in [0.1, 0.15) is 0 Å². The Labute approximate surface area is 197 Å². The molecule has 1 atom stereocenters. The highest BCUT2D eigenvalue weighted by Gasteiger charge is 2.27. The molecule has 1 aliphatic heterocycles. The lowest BCUT2D eigenvalue weighted by Gasteiger charge is -2.18. The van der Waals surface area contributed by atoms with Gasteiger partial charge in [-0.1, -0.05) is 6.58 Å². The molecule has 34 heavy (non-hydrogen) atoms. The van der Waals surface area contributed by atoms with Crippen LogP contribution in [0.3, 0.4) is 0 Å². The Balaban J connectivity index is 1.44. The lowest BCUT2D eigenvalue weighted by molar-refractivity contribution is -0.111. The van der Waals surface area contributed by atoms with Gasteiger partial charge in [0.15, 0.2) is 9.84 Å². The predicted octanol–water partition coefficient (Wildman–Crippen LogP) is 2.79. The van der Waals surface area contributed by atoms with Crippen molar-refractivity contribution in [2.24, 2.45) is 0 Å². The molecule has 176 valence electrons. The summed E-state index contributed by atoms with van der Waals surface area (Å²) < 4.78 is 23.7. The maximum absolute atomic E-state index is 13.0. The highest BCUT2D eigenvalue weighted by atomic mass is 32.2. The van der Waals surface area contributed by atoms with Crippen molar-refractivity contribution in [2.45, 2.75) is 24.3 Å². The van der Waals surface area contributed by atoms with Gasteiger partial charge in [-0.15, -0.1) is 0 Å². The minimum absolute atomic E-state index is 0.0354. The number of likely N-dealkylation sites (tertiary alicyclic amines) is 1. The molecular formula is C24H25N5O4S. The molecule has 0 aliphatic carbocycles. The lowest BCUT2D eigenvalue weighted by Crippen LogP contribution is -2.32. The molecule has 0 radical (unpaired) electrons. The molecule has 2 amide bonds. The molecule has 0 unspecified atom stereocenters. The summed E-state index contributed by atoms with van der Waals surface area (Å²) in [5, 5.41) is 6.71. The minimum atomic E-state index is -3.34. The second-order valence-corrected chi connectivity index (χ2v) is 10.3. The molecule has 10 heteroatoms. The average molecular weight is 480 g/mol. The molecule has 2 aromatic carbocycles. The van der Waals surface area contributed by atoms with E-state index in [1.165, 1.54) is 18.2 Å². The Morgan fingerprint density at radius 2 is 2.00 bits per heavy atom. The highest BCUT2D eigenvalue weighted by molar-refractivity contribution is 7.90. The van der Waals surface area contributed by atoms with Crippen LogP contribution in [0.15, 0.2) is 60.1 Å². The number of benzene rings is 2. The average Bonchev–Trinajstić information content (AvgIpc) is 3.27. The molecule has 1 fully saturated rings. The molecule has 1 aromatic heterocycles. The van der Waals surface area contributed by atoms with Crippen LogP contribution in [0, 0.1) is 6.92 Å². The molecule has 1 saturated heterocycles. The second kappa shape index (κ2) is 9.22. The number of aryl methyl sites for hydroxylation is 1. The molecular weight excluding hydrogens is 454 g/mol. The number of aromatic nitrogens is 2. The van der Waals surface area contributed by atoms with Crippen molar-refractivity contribution < 1.29 is 18.0 Å². The van der Waals surface area contributed by atoms with Crippen LogP contribution in [0.2, 0.25) is 0 Å². The number of anilines is 2. The van der Waals surface area contributed by atoms with E-state index >= 15 is 0 Å². The largest absolute Gasteiger partial charge is 0.350 e. The number of fused-ring (bicyclic) bond motifs is 1. The summed E-state index contributed by atoms with van der Waals surface area (Å²) in [6, 6.07) is 9.88. The topological polar surface area (TPSA) is 121 Å². The van der Waals surface area contributed by atoms with Gasteiger partial charge in [-0.25, -0.2) is 18.4 Å². The zero-order chi connectivity index (χ0) is 24.5. The van der Waals surface area contributed by atoms with E-state index in [-0.39, 0.29) is 22.8 Å². The van der Waals surface area contributed by atoms with E-state index < -0.39 is 9.84 Å². The molecule has 3 aromatic rings. The summed E-state index contributed by atoms with van der Waals surface area (Å²) in [5.41, 5.74) is 2.50. The fraction of sp³-hybridized carbons (Fsp3) is 0.250. The van der Waals surface area contributed by atoms with Gasteiger partial charge in [0, 0.05) is 48.2 Å². The van der Waals surface area contributed by atoms with E-state index in [1.54, 1.807) is 35.4 Å². The van der Waals surface area contributed by atoms with E-state index in [2.05, 4.69) is 27.2 Å². The van der Waals surface area contributed by atoms with Gasteiger partial charge in [0.25, 0.3) is 5.91 Å². The molecule has 2 N–H and O–H groups in total. The number of sulfone groups is 1.